The molecule has 0 atom stereocenters. The molecule has 0 fully saturated rings. The molecule has 0 aliphatic heterocycles. The van der Waals surface area contributed by atoms with Gasteiger partial charge in [-0.15, -0.1) is 0 Å². The summed E-state index contributed by atoms with van der Waals surface area (Å²) in [6.45, 7) is 1.77. The highest BCUT2D eigenvalue weighted by Crippen LogP contribution is 2.21. The first-order valence-corrected chi connectivity index (χ1v) is 6.12. The normalized spacial score (nSPS) is 10.2. The van der Waals surface area contributed by atoms with Crippen molar-refractivity contribution in [2.75, 3.05) is 0 Å². The Bertz CT molecular complexity index is 700. The third-order valence-corrected chi connectivity index (χ3v) is 2.84. The Balaban J connectivity index is 2.20. The van der Waals surface area contributed by atoms with Crippen molar-refractivity contribution in [1.29, 1.82) is 0 Å². The molecule has 0 heterocycles. The molecule has 0 spiro atoms. The largest absolute Gasteiger partial charge is 0.488 e. The Kier molecular flexibility index (Phi) is 4.27. The van der Waals surface area contributed by atoms with E-state index >= 15 is 0 Å². The number of carbonyl (C=O) groups is 1. The number of nitro benzene ring substituents is 1. The monoisotopic (exact) mass is 289 g/mol. The Labute approximate surface area is 120 Å². The number of carbonyl (C=O) groups excluding carboxylic acids is 1. The van der Waals surface area contributed by atoms with Crippen LogP contribution in [0.15, 0.2) is 36.4 Å². The number of hydrogen-bond donors (Lipinski definition) is 0. The molecule has 2 aromatic rings. The van der Waals surface area contributed by atoms with E-state index in [1.807, 2.05) is 6.92 Å². The molecule has 0 saturated heterocycles. The maximum absolute atomic E-state index is 13.3. The number of aldehydes is 1. The van der Waals surface area contributed by atoms with Gasteiger partial charge in [0.25, 0.3) is 5.69 Å². The third kappa shape index (κ3) is 3.62. The van der Waals surface area contributed by atoms with Crippen molar-refractivity contribution in [2.24, 2.45) is 0 Å². The van der Waals surface area contributed by atoms with Crippen LogP contribution in [0.1, 0.15) is 21.5 Å². The fraction of sp³-hybridized carbons (Fsp3) is 0.133. The van der Waals surface area contributed by atoms with E-state index in [1.54, 1.807) is 18.2 Å². The second kappa shape index (κ2) is 6.13. The summed E-state index contributed by atoms with van der Waals surface area (Å²) in [5.41, 5.74) is 1.26. The van der Waals surface area contributed by atoms with Crippen molar-refractivity contribution < 1.29 is 18.8 Å². The lowest BCUT2D eigenvalue weighted by atomic mass is 10.1. The molecule has 0 radical (unpaired) electrons. The fourth-order valence-electron chi connectivity index (χ4n) is 1.87. The molecule has 0 aromatic heterocycles. The van der Waals surface area contributed by atoms with Crippen molar-refractivity contribution in [2.45, 2.75) is 13.5 Å². The number of halogens is 1. The van der Waals surface area contributed by atoms with Crippen LogP contribution in [0, 0.1) is 22.9 Å². The van der Waals surface area contributed by atoms with Crippen LogP contribution in [-0.2, 0) is 6.61 Å². The zero-order chi connectivity index (χ0) is 15.4. The number of aryl methyl sites for hydroxylation is 1. The minimum absolute atomic E-state index is 0.0670. The quantitative estimate of drug-likeness (QED) is 0.480. The fourth-order valence-corrected chi connectivity index (χ4v) is 1.87. The smallest absolute Gasteiger partial charge is 0.272 e. The number of hydrogen-bond acceptors (Lipinski definition) is 4. The van der Waals surface area contributed by atoms with E-state index in [9.17, 15) is 19.3 Å². The van der Waals surface area contributed by atoms with Crippen LogP contribution in [-0.4, -0.2) is 11.2 Å². The molecule has 5 nitrogen and oxygen atoms in total. The van der Waals surface area contributed by atoms with Crippen LogP contribution in [0.3, 0.4) is 0 Å². The average molecular weight is 289 g/mol. The van der Waals surface area contributed by atoms with E-state index in [1.165, 1.54) is 6.07 Å². The number of ether oxygens (including phenoxy) is 1. The maximum Gasteiger partial charge on any atom is 0.272 e. The predicted octanol–water partition coefficient (Wildman–Crippen LogP) is 3.43. The molecule has 2 rings (SSSR count). The first-order chi connectivity index (χ1) is 9.99. The highest BCUT2D eigenvalue weighted by Gasteiger charge is 2.11. The van der Waals surface area contributed by atoms with Gasteiger partial charge in [-0.1, -0.05) is 11.6 Å². The van der Waals surface area contributed by atoms with Gasteiger partial charge >= 0.3 is 0 Å². The van der Waals surface area contributed by atoms with Gasteiger partial charge in [-0.3, -0.25) is 14.9 Å². The standard InChI is InChI=1S/C15H12FNO4/c1-10-2-3-15(12(4-10)8-18)21-9-11-5-13(16)7-14(6-11)17(19)20/h2-8H,9H2,1H3. The molecule has 0 N–H and O–H groups in total. The van der Waals surface area contributed by atoms with Crippen molar-refractivity contribution in [1.82, 2.24) is 0 Å². The average Bonchev–Trinajstić information content (AvgIpc) is 2.45. The molecule has 0 saturated carbocycles. The van der Waals surface area contributed by atoms with Crippen LogP contribution in [0.2, 0.25) is 0 Å². The van der Waals surface area contributed by atoms with Gasteiger partial charge in [-0.25, -0.2) is 4.39 Å². The van der Waals surface area contributed by atoms with E-state index in [2.05, 4.69) is 0 Å². The minimum atomic E-state index is -0.706. The molecule has 0 bridgehead atoms. The van der Waals surface area contributed by atoms with Gasteiger partial charge in [0.1, 0.15) is 18.2 Å². The summed E-state index contributed by atoms with van der Waals surface area (Å²) >= 11 is 0. The molecule has 0 aliphatic carbocycles. The highest BCUT2D eigenvalue weighted by atomic mass is 19.1. The number of nitrogens with zero attached hydrogens (tertiary/aromatic N) is 1. The van der Waals surface area contributed by atoms with E-state index < -0.39 is 10.7 Å². The number of rotatable bonds is 5. The summed E-state index contributed by atoms with van der Waals surface area (Å²) < 4.78 is 18.7. The van der Waals surface area contributed by atoms with Gasteiger partial charge in [-0.05, 0) is 30.7 Å². The van der Waals surface area contributed by atoms with E-state index in [0.29, 0.717) is 23.2 Å². The number of benzene rings is 2. The van der Waals surface area contributed by atoms with Gasteiger partial charge in [0, 0.05) is 6.07 Å². The highest BCUT2D eigenvalue weighted by molar-refractivity contribution is 5.79. The summed E-state index contributed by atoms with van der Waals surface area (Å²) in [6, 6.07) is 8.30. The van der Waals surface area contributed by atoms with Crippen LogP contribution in [0.5, 0.6) is 5.75 Å². The van der Waals surface area contributed by atoms with Crippen LogP contribution in [0.25, 0.3) is 0 Å². The molecule has 6 heteroatoms. The van der Waals surface area contributed by atoms with Gasteiger partial charge < -0.3 is 4.74 Å². The lowest BCUT2D eigenvalue weighted by Crippen LogP contribution is -2.00. The van der Waals surface area contributed by atoms with Crippen LogP contribution in [0.4, 0.5) is 10.1 Å². The van der Waals surface area contributed by atoms with Gasteiger partial charge in [0.05, 0.1) is 16.6 Å². The number of non-ortho nitro benzene ring substituents is 1. The lowest BCUT2D eigenvalue weighted by Gasteiger charge is -2.09. The molecule has 21 heavy (non-hydrogen) atoms. The first kappa shape index (κ1) is 14.6. The van der Waals surface area contributed by atoms with Crippen LogP contribution >= 0.6 is 0 Å². The van der Waals surface area contributed by atoms with Gasteiger partial charge in [0.2, 0.25) is 0 Å². The topological polar surface area (TPSA) is 69.4 Å². The zero-order valence-corrected chi connectivity index (χ0v) is 11.2. The van der Waals surface area contributed by atoms with E-state index in [4.69, 9.17) is 4.74 Å². The Morgan fingerprint density at radius 1 is 1.29 bits per heavy atom. The summed E-state index contributed by atoms with van der Waals surface area (Å²) in [7, 11) is 0. The molecule has 0 aliphatic rings. The van der Waals surface area contributed by atoms with Crippen molar-refractivity contribution in [3.63, 3.8) is 0 Å². The summed E-state index contributed by atoms with van der Waals surface area (Å²) in [5, 5.41) is 10.7. The van der Waals surface area contributed by atoms with E-state index in [-0.39, 0.29) is 12.3 Å². The molecule has 0 unspecified atom stereocenters. The van der Waals surface area contributed by atoms with Crippen LogP contribution < -0.4 is 4.74 Å². The molecular formula is C15H12FNO4. The molecule has 2 aromatic carbocycles. The van der Waals surface area contributed by atoms with Gasteiger partial charge in [0.15, 0.2) is 6.29 Å². The van der Waals surface area contributed by atoms with Crippen molar-refractivity contribution in [3.05, 3.63) is 69.0 Å². The minimum Gasteiger partial charge on any atom is -0.488 e. The zero-order valence-electron chi connectivity index (χ0n) is 11.2. The summed E-state index contributed by atoms with van der Waals surface area (Å²) in [5.74, 6) is -0.357. The van der Waals surface area contributed by atoms with Crippen molar-refractivity contribution >= 4 is 12.0 Å². The van der Waals surface area contributed by atoms with Gasteiger partial charge in [-0.2, -0.15) is 0 Å². The molecule has 0 amide bonds. The second-order valence-corrected chi connectivity index (χ2v) is 4.52. The maximum atomic E-state index is 13.3. The Morgan fingerprint density at radius 2 is 2.05 bits per heavy atom. The summed E-state index contributed by atoms with van der Waals surface area (Å²) in [6.07, 6.45) is 0.663. The van der Waals surface area contributed by atoms with E-state index in [0.717, 1.165) is 17.7 Å². The number of nitro groups is 1. The lowest BCUT2D eigenvalue weighted by molar-refractivity contribution is -0.385. The summed E-state index contributed by atoms with van der Waals surface area (Å²) in [4.78, 5) is 21.0. The SMILES string of the molecule is Cc1ccc(OCc2cc(F)cc([N+](=O)[O-])c2)c(C=O)c1. The Morgan fingerprint density at radius 3 is 2.71 bits per heavy atom. The van der Waals surface area contributed by atoms with Crippen molar-refractivity contribution in [3.8, 4) is 5.75 Å². The second-order valence-electron chi connectivity index (χ2n) is 4.52. The predicted molar refractivity (Wildman–Crippen MR) is 74.0 cm³/mol. The Hall–Kier alpha value is -2.76. The molecular weight excluding hydrogens is 277 g/mol. The molecule has 108 valence electrons. The third-order valence-electron chi connectivity index (χ3n) is 2.84. The first-order valence-electron chi connectivity index (χ1n) is 6.12.